The maximum atomic E-state index is 12.2. The Morgan fingerprint density at radius 1 is 1.37 bits per heavy atom. The zero-order valence-electron chi connectivity index (χ0n) is 12.4. The van der Waals surface area contributed by atoms with Crippen LogP contribution in [0.4, 0.5) is 5.82 Å². The highest BCUT2D eigenvalue weighted by molar-refractivity contribution is 5.95. The second-order valence-electron chi connectivity index (χ2n) is 5.09. The van der Waals surface area contributed by atoms with Gasteiger partial charge in [0.15, 0.2) is 0 Å². The molecule has 1 aromatic rings. The fourth-order valence-electron chi connectivity index (χ4n) is 1.91. The van der Waals surface area contributed by atoms with Crippen LogP contribution in [-0.2, 0) is 0 Å². The number of anilines is 1. The zero-order chi connectivity index (χ0) is 14.3. The molecule has 0 fully saturated rings. The van der Waals surface area contributed by atoms with Gasteiger partial charge >= 0.3 is 0 Å². The number of rotatable bonds is 7. The molecule has 1 atom stereocenters. The minimum Gasteiger partial charge on any atom is -0.370 e. The predicted molar refractivity (Wildman–Crippen MR) is 79.4 cm³/mol. The molecule has 0 aromatic carbocycles. The van der Waals surface area contributed by atoms with Crippen LogP contribution < -0.4 is 10.6 Å². The second-order valence-corrected chi connectivity index (χ2v) is 5.09. The normalized spacial score (nSPS) is 12.3. The van der Waals surface area contributed by atoms with Gasteiger partial charge in [0.2, 0.25) is 0 Å². The SMILES string of the molecule is CCCNc1cc(C(=O)NC(CC)C(C)C)ccn1. The lowest BCUT2D eigenvalue weighted by Gasteiger charge is -2.20. The summed E-state index contributed by atoms with van der Waals surface area (Å²) in [5, 5.41) is 6.26. The fourth-order valence-corrected chi connectivity index (χ4v) is 1.91. The number of aromatic nitrogens is 1. The van der Waals surface area contributed by atoms with E-state index in [2.05, 4.69) is 43.3 Å². The van der Waals surface area contributed by atoms with Gasteiger partial charge in [-0.2, -0.15) is 0 Å². The van der Waals surface area contributed by atoms with E-state index < -0.39 is 0 Å². The average Bonchev–Trinajstić information content (AvgIpc) is 2.42. The summed E-state index contributed by atoms with van der Waals surface area (Å²) in [5.41, 5.74) is 0.660. The Labute approximate surface area is 116 Å². The number of hydrogen-bond acceptors (Lipinski definition) is 3. The molecule has 2 N–H and O–H groups in total. The van der Waals surface area contributed by atoms with Gasteiger partial charge in [0, 0.05) is 24.3 Å². The standard InChI is InChI=1S/C15H25N3O/c1-5-8-16-14-10-12(7-9-17-14)15(19)18-13(6-2)11(3)4/h7,9-11,13H,5-6,8H2,1-4H3,(H,16,17)(H,18,19). The molecule has 106 valence electrons. The van der Waals surface area contributed by atoms with Crippen molar-refractivity contribution < 1.29 is 4.79 Å². The molecule has 0 aliphatic rings. The van der Waals surface area contributed by atoms with Crippen LogP contribution in [0.3, 0.4) is 0 Å². The summed E-state index contributed by atoms with van der Waals surface area (Å²) in [6.45, 7) is 9.29. The molecule has 19 heavy (non-hydrogen) atoms. The number of pyridine rings is 1. The number of carbonyl (C=O) groups is 1. The first-order valence-electron chi connectivity index (χ1n) is 7.09. The maximum absolute atomic E-state index is 12.2. The molecule has 4 nitrogen and oxygen atoms in total. The van der Waals surface area contributed by atoms with Gasteiger partial charge in [0.25, 0.3) is 5.91 Å². The molecular weight excluding hydrogens is 238 g/mol. The van der Waals surface area contributed by atoms with Gasteiger partial charge < -0.3 is 10.6 Å². The monoisotopic (exact) mass is 263 g/mol. The number of hydrogen-bond donors (Lipinski definition) is 2. The summed E-state index contributed by atoms with van der Waals surface area (Å²) in [7, 11) is 0. The summed E-state index contributed by atoms with van der Waals surface area (Å²) in [4.78, 5) is 16.4. The molecule has 4 heteroatoms. The Morgan fingerprint density at radius 2 is 2.11 bits per heavy atom. The van der Waals surface area contributed by atoms with Crippen molar-refractivity contribution in [2.24, 2.45) is 5.92 Å². The minimum absolute atomic E-state index is 0.0255. The lowest BCUT2D eigenvalue weighted by atomic mass is 10.0. The number of nitrogens with one attached hydrogen (secondary N) is 2. The number of amides is 1. The van der Waals surface area contributed by atoms with Crippen LogP contribution in [0.1, 0.15) is 50.9 Å². The van der Waals surface area contributed by atoms with Gasteiger partial charge in [-0.05, 0) is 30.9 Å². The van der Waals surface area contributed by atoms with Crippen molar-refractivity contribution in [2.45, 2.75) is 46.6 Å². The molecule has 0 saturated carbocycles. The van der Waals surface area contributed by atoms with Crippen LogP contribution in [0.5, 0.6) is 0 Å². The Balaban J connectivity index is 2.70. The highest BCUT2D eigenvalue weighted by Crippen LogP contribution is 2.10. The Hall–Kier alpha value is -1.58. The largest absolute Gasteiger partial charge is 0.370 e. The van der Waals surface area contributed by atoms with Crippen LogP contribution in [-0.4, -0.2) is 23.5 Å². The van der Waals surface area contributed by atoms with Gasteiger partial charge in [-0.3, -0.25) is 4.79 Å². The Bertz CT molecular complexity index is 404. The molecule has 1 amide bonds. The zero-order valence-corrected chi connectivity index (χ0v) is 12.4. The third-order valence-corrected chi connectivity index (χ3v) is 3.14. The van der Waals surface area contributed by atoms with E-state index in [9.17, 15) is 4.79 Å². The van der Waals surface area contributed by atoms with Crippen LogP contribution >= 0.6 is 0 Å². The highest BCUT2D eigenvalue weighted by Gasteiger charge is 2.15. The lowest BCUT2D eigenvalue weighted by Crippen LogP contribution is -2.38. The van der Waals surface area contributed by atoms with Crippen LogP contribution in [0, 0.1) is 5.92 Å². The minimum atomic E-state index is -0.0255. The molecule has 0 saturated heterocycles. The van der Waals surface area contributed by atoms with Gasteiger partial charge in [0.1, 0.15) is 5.82 Å². The summed E-state index contributed by atoms with van der Waals surface area (Å²) < 4.78 is 0. The molecule has 1 heterocycles. The smallest absolute Gasteiger partial charge is 0.251 e. The fraction of sp³-hybridized carbons (Fsp3) is 0.600. The molecule has 1 aromatic heterocycles. The number of carbonyl (C=O) groups excluding carboxylic acids is 1. The maximum Gasteiger partial charge on any atom is 0.251 e. The lowest BCUT2D eigenvalue weighted by molar-refractivity contribution is 0.0924. The molecule has 0 aliphatic heterocycles. The second kappa shape index (κ2) is 7.77. The van der Waals surface area contributed by atoms with Gasteiger partial charge in [-0.15, -0.1) is 0 Å². The molecule has 1 unspecified atom stereocenters. The topological polar surface area (TPSA) is 54.0 Å². The van der Waals surface area contributed by atoms with Crippen molar-refractivity contribution in [1.29, 1.82) is 0 Å². The van der Waals surface area contributed by atoms with Gasteiger partial charge in [-0.1, -0.05) is 27.7 Å². The number of nitrogens with zero attached hydrogens (tertiary/aromatic N) is 1. The summed E-state index contributed by atoms with van der Waals surface area (Å²) in [6.07, 6.45) is 3.64. The van der Waals surface area contributed by atoms with E-state index in [0.29, 0.717) is 11.5 Å². The molecular formula is C15H25N3O. The first kappa shape index (κ1) is 15.5. The van der Waals surface area contributed by atoms with Crippen molar-refractivity contribution in [2.75, 3.05) is 11.9 Å². The van der Waals surface area contributed by atoms with E-state index in [1.54, 1.807) is 18.3 Å². The third-order valence-electron chi connectivity index (χ3n) is 3.14. The first-order valence-corrected chi connectivity index (χ1v) is 7.09. The van der Waals surface area contributed by atoms with E-state index in [4.69, 9.17) is 0 Å². The summed E-state index contributed by atoms with van der Waals surface area (Å²) in [5.74, 6) is 1.17. The molecule has 0 aliphatic carbocycles. The summed E-state index contributed by atoms with van der Waals surface area (Å²) in [6, 6.07) is 3.77. The van der Waals surface area contributed by atoms with Crippen LogP contribution in [0.2, 0.25) is 0 Å². The average molecular weight is 263 g/mol. The van der Waals surface area contributed by atoms with Crippen molar-refractivity contribution in [3.8, 4) is 0 Å². The molecule has 1 rings (SSSR count). The van der Waals surface area contributed by atoms with E-state index in [0.717, 1.165) is 25.2 Å². The summed E-state index contributed by atoms with van der Waals surface area (Å²) >= 11 is 0. The Kier molecular flexibility index (Phi) is 6.33. The third kappa shape index (κ3) is 4.89. The Morgan fingerprint density at radius 3 is 2.68 bits per heavy atom. The van der Waals surface area contributed by atoms with E-state index >= 15 is 0 Å². The van der Waals surface area contributed by atoms with E-state index in [1.807, 2.05) is 0 Å². The van der Waals surface area contributed by atoms with Crippen molar-refractivity contribution in [3.05, 3.63) is 23.9 Å². The van der Waals surface area contributed by atoms with E-state index in [-0.39, 0.29) is 11.9 Å². The quantitative estimate of drug-likeness (QED) is 0.795. The van der Waals surface area contributed by atoms with Crippen molar-refractivity contribution in [3.63, 3.8) is 0 Å². The van der Waals surface area contributed by atoms with Crippen molar-refractivity contribution >= 4 is 11.7 Å². The molecule has 0 radical (unpaired) electrons. The van der Waals surface area contributed by atoms with Crippen LogP contribution in [0.15, 0.2) is 18.3 Å². The highest BCUT2D eigenvalue weighted by atomic mass is 16.1. The first-order chi connectivity index (χ1) is 9.08. The van der Waals surface area contributed by atoms with Crippen LogP contribution in [0.25, 0.3) is 0 Å². The van der Waals surface area contributed by atoms with Gasteiger partial charge in [-0.25, -0.2) is 4.98 Å². The van der Waals surface area contributed by atoms with E-state index in [1.165, 1.54) is 0 Å². The molecule has 0 bridgehead atoms. The van der Waals surface area contributed by atoms with Crippen molar-refractivity contribution in [1.82, 2.24) is 10.3 Å². The molecule has 0 spiro atoms. The van der Waals surface area contributed by atoms with Gasteiger partial charge in [0.05, 0.1) is 0 Å². The predicted octanol–water partition coefficient (Wildman–Crippen LogP) is 3.07.